The van der Waals surface area contributed by atoms with Crippen LogP contribution in [0, 0.1) is 28.6 Å². The van der Waals surface area contributed by atoms with E-state index >= 15 is 0 Å². The Labute approximate surface area is 149 Å². The van der Waals surface area contributed by atoms with Crippen molar-refractivity contribution >= 4 is 5.78 Å². The van der Waals surface area contributed by atoms with Crippen LogP contribution >= 0.6 is 0 Å². The van der Waals surface area contributed by atoms with Crippen molar-refractivity contribution in [3.05, 3.63) is 22.1 Å². The fraction of sp³-hybridized carbons (Fsp3) is 0.850. The molecular formula is C20H29N3O2. The average Bonchev–Trinajstić information content (AvgIpc) is 2.89. The summed E-state index contributed by atoms with van der Waals surface area (Å²) in [4.78, 5) is 15.1. The Bertz CT molecular complexity index is 682. The Morgan fingerprint density at radius 3 is 2.64 bits per heavy atom. The first-order valence-corrected chi connectivity index (χ1v) is 9.75. The van der Waals surface area contributed by atoms with Crippen molar-refractivity contribution < 1.29 is 9.53 Å². The molecule has 0 bridgehead atoms. The van der Waals surface area contributed by atoms with E-state index in [0.717, 1.165) is 44.9 Å². The Morgan fingerprint density at radius 1 is 1.16 bits per heavy atom. The zero-order valence-electron chi connectivity index (χ0n) is 15.6. The second-order valence-corrected chi connectivity index (χ2v) is 9.14. The van der Waals surface area contributed by atoms with E-state index in [9.17, 15) is 4.79 Å². The van der Waals surface area contributed by atoms with Crippen LogP contribution in [0.25, 0.3) is 10.4 Å². The molecule has 4 aliphatic carbocycles. The number of hydrogen-bond acceptors (Lipinski definition) is 3. The van der Waals surface area contributed by atoms with Crippen LogP contribution in [0.5, 0.6) is 0 Å². The molecule has 3 fully saturated rings. The van der Waals surface area contributed by atoms with E-state index in [0.29, 0.717) is 30.0 Å². The van der Waals surface area contributed by atoms with Gasteiger partial charge in [0, 0.05) is 23.9 Å². The molecule has 4 aliphatic rings. The van der Waals surface area contributed by atoms with E-state index in [1.165, 1.54) is 5.57 Å². The number of carbonyl (C=O) groups excluding carboxylic acids is 1. The summed E-state index contributed by atoms with van der Waals surface area (Å²) in [5, 5.41) is 4.18. The maximum atomic E-state index is 11.9. The predicted molar refractivity (Wildman–Crippen MR) is 95.6 cm³/mol. The van der Waals surface area contributed by atoms with Crippen molar-refractivity contribution in [1.29, 1.82) is 0 Å². The summed E-state index contributed by atoms with van der Waals surface area (Å²) in [6, 6.07) is 0. The highest BCUT2D eigenvalue weighted by Gasteiger charge is 2.64. The van der Waals surface area contributed by atoms with Crippen LogP contribution in [-0.4, -0.2) is 18.6 Å². The highest BCUT2D eigenvalue weighted by atomic mass is 16.5. The highest BCUT2D eigenvalue weighted by Crippen LogP contribution is 2.68. The lowest BCUT2D eigenvalue weighted by atomic mass is 9.47. The molecular weight excluding hydrogens is 314 g/mol. The molecule has 0 saturated heterocycles. The normalized spacial score (nSPS) is 48.7. The summed E-state index contributed by atoms with van der Waals surface area (Å²) in [6.45, 7) is 4.69. The van der Waals surface area contributed by atoms with Crippen LogP contribution in [0.1, 0.15) is 65.2 Å². The molecule has 4 rings (SSSR count). The van der Waals surface area contributed by atoms with Gasteiger partial charge >= 0.3 is 0 Å². The van der Waals surface area contributed by atoms with E-state index < -0.39 is 5.72 Å². The second-order valence-electron chi connectivity index (χ2n) is 9.14. The molecule has 25 heavy (non-hydrogen) atoms. The summed E-state index contributed by atoms with van der Waals surface area (Å²) >= 11 is 0. The molecule has 6 atom stereocenters. The van der Waals surface area contributed by atoms with Gasteiger partial charge in [-0.3, -0.25) is 4.79 Å². The Balaban J connectivity index is 1.70. The van der Waals surface area contributed by atoms with Crippen LogP contribution < -0.4 is 0 Å². The number of rotatable bonds is 2. The van der Waals surface area contributed by atoms with Crippen molar-refractivity contribution in [3.8, 4) is 0 Å². The molecule has 1 unspecified atom stereocenters. The van der Waals surface area contributed by atoms with Gasteiger partial charge in [0.05, 0.1) is 0 Å². The van der Waals surface area contributed by atoms with Crippen LogP contribution in [0.4, 0.5) is 0 Å². The van der Waals surface area contributed by atoms with Gasteiger partial charge in [0.1, 0.15) is 0 Å². The first-order chi connectivity index (χ1) is 11.9. The number of allylic oxidation sites excluding steroid dienone is 1. The van der Waals surface area contributed by atoms with Crippen LogP contribution in [0.15, 0.2) is 16.8 Å². The largest absolute Gasteiger partial charge is 0.372 e. The summed E-state index contributed by atoms with van der Waals surface area (Å²) in [5.74, 6) is 2.17. The number of methoxy groups -OCH3 is 1. The van der Waals surface area contributed by atoms with Gasteiger partial charge in [0.25, 0.3) is 0 Å². The number of ether oxygens (including phenoxy) is 1. The van der Waals surface area contributed by atoms with Gasteiger partial charge in [-0.05, 0) is 79.7 Å². The van der Waals surface area contributed by atoms with E-state index in [1.54, 1.807) is 7.11 Å². The number of nitrogens with zero attached hydrogens (tertiary/aromatic N) is 3. The van der Waals surface area contributed by atoms with Crippen molar-refractivity contribution in [2.45, 2.75) is 70.9 Å². The molecule has 0 N–H and O–H groups in total. The fourth-order valence-corrected chi connectivity index (χ4v) is 7.15. The third-order valence-electron chi connectivity index (χ3n) is 8.58. The molecule has 0 spiro atoms. The van der Waals surface area contributed by atoms with Gasteiger partial charge < -0.3 is 4.74 Å². The van der Waals surface area contributed by atoms with Crippen molar-refractivity contribution in [2.24, 2.45) is 33.7 Å². The summed E-state index contributed by atoms with van der Waals surface area (Å²) in [7, 11) is 1.70. The summed E-state index contributed by atoms with van der Waals surface area (Å²) in [6.07, 6.45) is 9.98. The minimum Gasteiger partial charge on any atom is -0.372 e. The molecule has 0 radical (unpaired) electrons. The fourth-order valence-electron chi connectivity index (χ4n) is 7.15. The number of fused-ring (bicyclic) bond motifs is 5. The minimum atomic E-state index is -0.684. The second kappa shape index (κ2) is 5.59. The highest BCUT2D eigenvalue weighted by molar-refractivity contribution is 5.91. The SMILES string of the molecule is CO[C@]1(N=[N+]=[N-])CC[C@@H]2C3CCC4=CC(=O)CC[C@]4(C)[C@@H]3CC[C@@]21C. The van der Waals surface area contributed by atoms with Crippen molar-refractivity contribution in [1.82, 2.24) is 0 Å². The topological polar surface area (TPSA) is 75.1 Å². The molecule has 0 heterocycles. The van der Waals surface area contributed by atoms with Crippen LogP contribution in [0.2, 0.25) is 0 Å². The third-order valence-corrected chi connectivity index (χ3v) is 8.58. The molecule has 0 aliphatic heterocycles. The lowest BCUT2D eigenvalue weighted by Gasteiger charge is -2.59. The molecule has 5 nitrogen and oxygen atoms in total. The number of carbonyl (C=O) groups is 1. The first kappa shape index (κ1) is 17.1. The monoisotopic (exact) mass is 343 g/mol. The molecule has 0 aromatic heterocycles. The molecule has 136 valence electrons. The Kier molecular flexibility index (Phi) is 3.82. The maximum Gasteiger partial charge on any atom is 0.155 e. The maximum absolute atomic E-state index is 11.9. The Hall–Kier alpha value is -1.32. The van der Waals surface area contributed by atoms with Gasteiger partial charge in [0.2, 0.25) is 0 Å². The van der Waals surface area contributed by atoms with Gasteiger partial charge in [-0.25, -0.2) is 0 Å². The molecule has 0 aromatic rings. The standard InChI is InChI=1S/C20H29N3O2/c1-18-9-6-14(24)12-13(18)4-5-15-16(18)7-10-19(2)17(15)8-11-20(19,25-3)22-23-21/h12,15-17H,4-11H2,1-3H3/t15?,16-,17-,18+,19+,20-/m1/s1. The van der Waals surface area contributed by atoms with Gasteiger partial charge in [0.15, 0.2) is 11.5 Å². The number of azide groups is 1. The summed E-state index contributed by atoms with van der Waals surface area (Å²) < 4.78 is 5.86. The predicted octanol–water partition coefficient (Wildman–Crippen LogP) is 5.17. The molecule has 3 saturated carbocycles. The quantitative estimate of drug-likeness (QED) is 0.394. The lowest BCUT2D eigenvalue weighted by Crippen LogP contribution is -2.54. The first-order valence-electron chi connectivity index (χ1n) is 9.75. The van der Waals surface area contributed by atoms with Gasteiger partial charge in [-0.15, -0.1) is 0 Å². The average molecular weight is 343 g/mol. The molecule has 5 heteroatoms. The number of ketones is 1. The molecule has 0 aromatic carbocycles. The van der Waals surface area contributed by atoms with Crippen LogP contribution in [0.3, 0.4) is 0 Å². The third kappa shape index (κ3) is 2.12. The van der Waals surface area contributed by atoms with Crippen molar-refractivity contribution in [2.75, 3.05) is 7.11 Å². The lowest BCUT2D eigenvalue weighted by molar-refractivity contribution is -0.141. The minimum absolute atomic E-state index is 0.0722. The van der Waals surface area contributed by atoms with Crippen molar-refractivity contribution in [3.63, 3.8) is 0 Å². The Morgan fingerprint density at radius 2 is 1.92 bits per heavy atom. The van der Waals surface area contributed by atoms with Crippen LogP contribution in [-0.2, 0) is 9.53 Å². The van der Waals surface area contributed by atoms with E-state index in [4.69, 9.17) is 10.3 Å². The zero-order chi connectivity index (χ0) is 17.9. The number of hydrogen-bond donors (Lipinski definition) is 0. The zero-order valence-corrected chi connectivity index (χ0v) is 15.6. The smallest absolute Gasteiger partial charge is 0.155 e. The van der Waals surface area contributed by atoms with Gasteiger partial charge in [-0.1, -0.05) is 24.5 Å². The van der Waals surface area contributed by atoms with E-state index in [1.807, 2.05) is 6.08 Å². The van der Waals surface area contributed by atoms with E-state index in [2.05, 4.69) is 23.9 Å². The molecule has 0 amide bonds. The summed E-state index contributed by atoms with van der Waals surface area (Å²) in [5.41, 5.74) is 9.96. The van der Waals surface area contributed by atoms with E-state index in [-0.39, 0.29) is 10.8 Å². The van der Waals surface area contributed by atoms with Gasteiger partial charge in [-0.2, -0.15) is 0 Å².